The average molecular weight is 227 g/mol. The molecule has 1 heterocycles. The summed E-state index contributed by atoms with van der Waals surface area (Å²) in [5.74, 6) is 0. The summed E-state index contributed by atoms with van der Waals surface area (Å²) in [6.07, 6.45) is -0.394. The molecule has 1 aromatic heterocycles. The van der Waals surface area contributed by atoms with Gasteiger partial charge >= 0.3 is 0 Å². The van der Waals surface area contributed by atoms with E-state index in [1.165, 1.54) is 9.75 Å². The minimum absolute atomic E-state index is 0.0555. The molecule has 15 heavy (non-hydrogen) atoms. The maximum atomic E-state index is 10.0. The first-order valence-corrected chi connectivity index (χ1v) is 6.11. The number of thiophene rings is 1. The second-order valence-corrected chi connectivity index (χ2v) is 6.48. The predicted octanol–water partition coefficient (Wildman–Crippen LogP) is 2.79. The van der Waals surface area contributed by atoms with Crippen LogP contribution in [-0.4, -0.2) is 17.2 Å². The molecule has 2 N–H and O–H groups in total. The van der Waals surface area contributed by atoms with Crippen LogP contribution in [0.4, 0.5) is 0 Å². The van der Waals surface area contributed by atoms with Crippen LogP contribution >= 0.6 is 11.3 Å². The van der Waals surface area contributed by atoms with Crippen molar-refractivity contribution in [3.05, 3.63) is 21.4 Å². The van der Waals surface area contributed by atoms with Crippen molar-refractivity contribution in [3.8, 4) is 0 Å². The van der Waals surface area contributed by atoms with E-state index in [0.29, 0.717) is 6.54 Å². The molecule has 0 aliphatic rings. The number of hydrogen-bond donors (Lipinski definition) is 2. The van der Waals surface area contributed by atoms with Gasteiger partial charge in [-0.15, -0.1) is 11.3 Å². The van der Waals surface area contributed by atoms with Crippen molar-refractivity contribution in [2.24, 2.45) is 0 Å². The topological polar surface area (TPSA) is 32.3 Å². The molecule has 0 amide bonds. The summed E-state index contributed by atoms with van der Waals surface area (Å²) < 4.78 is 0. The lowest BCUT2D eigenvalue weighted by molar-refractivity contribution is 0.163. The third-order valence-electron chi connectivity index (χ3n) is 2.26. The maximum Gasteiger partial charge on any atom is 0.0925 e. The highest BCUT2D eigenvalue weighted by Crippen LogP contribution is 2.26. The number of aryl methyl sites for hydroxylation is 2. The Kier molecular flexibility index (Phi) is 3.93. The van der Waals surface area contributed by atoms with Crippen LogP contribution in [0.1, 0.15) is 42.2 Å². The number of hydrogen-bond acceptors (Lipinski definition) is 3. The molecule has 0 saturated carbocycles. The van der Waals surface area contributed by atoms with E-state index in [1.807, 2.05) is 0 Å². The molecule has 0 aromatic carbocycles. The van der Waals surface area contributed by atoms with Gasteiger partial charge in [0.05, 0.1) is 6.10 Å². The summed E-state index contributed by atoms with van der Waals surface area (Å²) in [6.45, 7) is 11.1. The molecule has 0 aliphatic carbocycles. The molecule has 0 saturated heterocycles. The number of nitrogens with one attached hydrogen (secondary N) is 1. The zero-order valence-corrected chi connectivity index (χ0v) is 11.0. The molecular weight excluding hydrogens is 206 g/mol. The molecule has 0 bridgehead atoms. The minimum atomic E-state index is -0.394. The van der Waals surface area contributed by atoms with Gasteiger partial charge in [0.2, 0.25) is 0 Å². The molecule has 1 unspecified atom stereocenters. The highest BCUT2D eigenvalue weighted by atomic mass is 32.1. The zero-order chi connectivity index (χ0) is 11.6. The summed E-state index contributed by atoms with van der Waals surface area (Å²) >= 11 is 1.74. The van der Waals surface area contributed by atoms with Gasteiger partial charge in [0.25, 0.3) is 0 Å². The largest absolute Gasteiger partial charge is 0.387 e. The van der Waals surface area contributed by atoms with Crippen molar-refractivity contribution in [1.82, 2.24) is 5.32 Å². The normalized spacial score (nSPS) is 14.3. The van der Waals surface area contributed by atoms with Crippen LogP contribution in [0.15, 0.2) is 6.07 Å². The summed E-state index contributed by atoms with van der Waals surface area (Å²) in [5.41, 5.74) is 1.12. The van der Waals surface area contributed by atoms with Crippen molar-refractivity contribution < 1.29 is 5.11 Å². The smallest absolute Gasteiger partial charge is 0.0925 e. The lowest BCUT2D eigenvalue weighted by atomic mass is 10.1. The van der Waals surface area contributed by atoms with Gasteiger partial charge in [0, 0.05) is 21.8 Å². The van der Waals surface area contributed by atoms with Crippen LogP contribution in [-0.2, 0) is 0 Å². The van der Waals surface area contributed by atoms with E-state index in [0.717, 1.165) is 5.56 Å². The van der Waals surface area contributed by atoms with Crippen molar-refractivity contribution in [2.75, 3.05) is 6.54 Å². The van der Waals surface area contributed by atoms with Gasteiger partial charge in [-0.3, -0.25) is 0 Å². The molecule has 3 heteroatoms. The van der Waals surface area contributed by atoms with Crippen LogP contribution in [0.3, 0.4) is 0 Å². The first-order chi connectivity index (χ1) is 6.79. The lowest BCUT2D eigenvalue weighted by Gasteiger charge is -2.22. The van der Waals surface area contributed by atoms with E-state index in [4.69, 9.17) is 0 Å². The zero-order valence-electron chi connectivity index (χ0n) is 10.2. The molecule has 0 spiro atoms. The summed E-state index contributed by atoms with van der Waals surface area (Å²) in [6, 6.07) is 2.08. The van der Waals surface area contributed by atoms with Crippen LogP contribution in [0.5, 0.6) is 0 Å². The Hall–Kier alpha value is -0.380. The quantitative estimate of drug-likeness (QED) is 0.832. The number of aliphatic hydroxyl groups excluding tert-OH is 1. The standard InChI is InChI=1S/C12H21NOS/c1-8-6-10(9(2)15-8)11(14)7-13-12(3,4)5/h6,11,13-14H,7H2,1-5H3. The molecular formula is C12H21NOS. The van der Waals surface area contributed by atoms with Gasteiger partial charge in [0.1, 0.15) is 0 Å². The van der Waals surface area contributed by atoms with Gasteiger partial charge in [-0.05, 0) is 46.2 Å². The second kappa shape index (κ2) is 4.64. The number of β-amino-alcohol motifs (C(OH)–C–C–N with tert-alkyl or cyclic N) is 1. The van der Waals surface area contributed by atoms with Crippen molar-refractivity contribution >= 4 is 11.3 Å². The van der Waals surface area contributed by atoms with E-state index in [9.17, 15) is 5.11 Å². The molecule has 0 fully saturated rings. The van der Waals surface area contributed by atoms with Gasteiger partial charge in [-0.25, -0.2) is 0 Å². The number of aliphatic hydroxyl groups is 1. The van der Waals surface area contributed by atoms with E-state index >= 15 is 0 Å². The first kappa shape index (κ1) is 12.7. The van der Waals surface area contributed by atoms with Crippen LogP contribution < -0.4 is 5.32 Å². The molecule has 1 atom stereocenters. The summed E-state index contributed by atoms with van der Waals surface area (Å²) in [7, 11) is 0. The van der Waals surface area contributed by atoms with Gasteiger partial charge in [-0.2, -0.15) is 0 Å². The van der Waals surface area contributed by atoms with Crippen molar-refractivity contribution in [1.29, 1.82) is 0 Å². The highest BCUT2D eigenvalue weighted by molar-refractivity contribution is 7.12. The third-order valence-corrected chi connectivity index (χ3v) is 3.25. The van der Waals surface area contributed by atoms with Crippen molar-refractivity contribution in [3.63, 3.8) is 0 Å². The Morgan fingerprint density at radius 2 is 2.00 bits per heavy atom. The predicted molar refractivity (Wildman–Crippen MR) is 66.5 cm³/mol. The SMILES string of the molecule is Cc1cc(C(O)CNC(C)(C)C)c(C)s1. The maximum absolute atomic E-state index is 10.0. The Balaban J connectivity index is 2.61. The third kappa shape index (κ3) is 3.93. The highest BCUT2D eigenvalue weighted by Gasteiger charge is 2.16. The Morgan fingerprint density at radius 3 is 2.40 bits per heavy atom. The Bertz CT molecular complexity index is 325. The summed E-state index contributed by atoms with van der Waals surface area (Å²) in [4.78, 5) is 2.48. The van der Waals surface area contributed by atoms with Gasteiger partial charge in [0.15, 0.2) is 0 Å². The Morgan fingerprint density at radius 1 is 1.40 bits per heavy atom. The monoisotopic (exact) mass is 227 g/mol. The molecule has 1 aromatic rings. The molecule has 0 aliphatic heterocycles. The molecule has 1 rings (SSSR count). The second-order valence-electron chi connectivity index (χ2n) is 5.02. The van der Waals surface area contributed by atoms with Gasteiger partial charge < -0.3 is 10.4 Å². The van der Waals surface area contributed by atoms with Crippen LogP contribution in [0, 0.1) is 13.8 Å². The van der Waals surface area contributed by atoms with E-state index in [1.54, 1.807) is 11.3 Å². The number of rotatable bonds is 3. The first-order valence-electron chi connectivity index (χ1n) is 5.29. The van der Waals surface area contributed by atoms with Crippen LogP contribution in [0.2, 0.25) is 0 Å². The van der Waals surface area contributed by atoms with E-state index in [-0.39, 0.29) is 5.54 Å². The average Bonchev–Trinajstić information content (AvgIpc) is 2.40. The van der Waals surface area contributed by atoms with Crippen LogP contribution in [0.25, 0.3) is 0 Å². The fourth-order valence-electron chi connectivity index (χ4n) is 1.49. The Labute approximate surface area is 96.3 Å². The van der Waals surface area contributed by atoms with E-state index < -0.39 is 6.10 Å². The van der Waals surface area contributed by atoms with E-state index in [2.05, 4.69) is 46.0 Å². The van der Waals surface area contributed by atoms with Crippen molar-refractivity contribution in [2.45, 2.75) is 46.3 Å². The molecule has 86 valence electrons. The lowest BCUT2D eigenvalue weighted by Crippen LogP contribution is -2.38. The molecule has 0 radical (unpaired) electrons. The molecule has 2 nitrogen and oxygen atoms in total. The fourth-order valence-corrected chi connectivity index (χ4v) is 2.48. The summed E-state index contributed by atoms with van der Waals surface area (Å²) in [5, 5.41) is 13.3. The van der Waals surface area contributed by atoms with Gasteiger partial charge in [-0.1, -0.05) is 0 Å². The fraction of sp³-hybridized carbons (Fsp3) is 0.667. The minimum Gasteiger partial charge on any atom is -0.387 e.